The predicted molar refractivity (Wildman–Crippen MR) is 134 cm³/mol. The van der Waals surface area contributed by atoms with Crippen LogP contribution in [0.3, 0.4) is 0 Å². The van der Waals surface area contributed by atoms with Gasteiger partial charge < -0.3 is 19.6 Å². The Morgan fingerprint density at radius 3 is 2.45 bits per heavy atom. The third-order valence-corrected chi connectivity index (χ3v) is 7.82. The van der Waals surface area contributed by atoms with Gasteiger partial charge in [-0.1, -0.05) is 38.1 Å². The molecule has 11 nitrogen and oxygen atoms in total. The number of nitrogens with two attached hydrogens (primary N) is 1. The molecule has 0 radical (unpaired) electrons. The molecule has 2 aromatic carbocycles. The SMILES string of the molecule is Cc1noc(-c2ccc(CN3C(=O)[C@@H](N)CS(=O)(=O)c4cc(F)c(-c5nnc(C(C)(C)C)o5)cc43)cc2)n1. The molecule has 1 aliphatic rings. The summed E-state index contributed by atoms with van der Waals surface area (Å²) in [4.78, 5) is 18.4. The van der Waals surface area contributed by atoms with E-state index in [2.05, 4.69) is 20.3 Å². The minimum atomic E-state index is -4.09. The lowest BCUT2D eigenvalue weighted by molar-refractivity contribution is -0.119. The van der Waals surface area contributed by atoms with Crippen LogP contribution in [0.2, 0.25) is 0 Å². The second-order valence-electron chi connectivity index (χ2n) is 10.1. The molecule has 5 rings (SSSR count). The van der Waals surface area contributed by atoms with Crippen LogP contribution in [0.1, 0.15) is 38.0 Å². The highest BCUT2D eigenvalue weighted by molar-refractivity contribution is 7.91. The molecule has 1 aliphatic heterocycles. The van der Waals surface area contributed by atoms with Crippen molar-refractivity contribution in [1.82, 2.24) is 20.3 Å². The van der Waals surface area contributed by atoms with E-state index < -0.39 is 38.8 Å². The molecule has 0 unspecified atom stereocenters. The normalized spacial score (nSPS) is 17.4. The van der Waals surface area contributed by atoms with Crippen molar-refractivity contribution in [3.8, 4) is 22.9 Å². The molecule has 2 aromatic heterocycles. The predicted octanol–water partition coefficient (Wildman–Crippen LogP) is 3.18. The summed E-state index contributed by atoms with van der Waals surface area (Å²) in [6.45, 7) is 7.25. The molecule has 38 heavy (non-hydrogen) atoms. The van der Waals surface area contributed by atoms with Crippen molar-refractivity contribution in [3.63, 3.8) is 0 Å². The van der Waals surface area contributed by atoms with Crippen LogP contribution in [-0.4, -0.2) is 46.5 Å². The largest absolute Gasteiger partial charge is 0.420 e. The molecule has 4 aromatic rings. The van der Waals surface area contributed by atoms with Crippen molar-refractivity contribution in [3.05, 3.63) is 59.5 Å². The van der Waals surface area contributed by atoms with Crippen LogP contribution in [0.4, 0.5) is 10.1 Å². The average Bonchev–Trinajstić information content (AvgIpc) is 3.50. The van der Waals surface area contributed by atoms with Crippen molar-refractivity contribution in [2.75, 3.05) is 10.7 Å². The first-order valence-electron chi connectivity index (χ1n) is 11.7. The van der Waals surface area contributed by atoms with E-state index >= 15 is 4.39 Å². The molecule has 13 heteroatoms. The monoisotopic (exact) mass is 540 g/mol. The first-order chi connectivity index (χ1) is 17.8. The fraction of sp³-hybridized carbons (Fsp3) is 0.320. The highest BCUT2D eigenvalue weighted by Crippen LogP contribution is 2.37. The summed E-state index contributed by atoms with van der Waals surface area (Å²) in [5.41, 5.74) is 6.68. The van der Waals surface area contributed by atoms with Gasteiger partial charge in [-0.3, -0.25) is 4.79 Å². The number of hydrogen-bond donors (Lipinski definition) is 1. The van der Waals surface area contributed by atoms with Gasteiger partial charge in [0, 0.05) is 11.0 Å². The van der Waals surface area contributed by atoms with Gasteiger partial charge in [-0.2, -0.15) is 4.98 Å². The number of amides is 1. The van der Waals surface area contributed by atoms with E-state index in [1.807, 2.05) is 20.8 Å². The number of aryl methyl sites for hydroxylation is 1. The topological polar surface area (TPSA) is 158 Å². The Morgan fingerprint density at radius 2 is 1.84 bits per heavy atom. The minimum absolute atomic E-state index is 0.0218. The van der Waals surface area contributed by atoms with Gasteiger partial charge in [0.15, 0.2) is 15.7 Å². The second-order valence-corrected chi connectivity index (χ2v) is 12.1. The molecule has 0 saturated carbocycles. The summed E-state index contributed by atoms with van der Waals surface area (Å²) >= 11 is 0. The zero-order valence-corrected chi connectivity index (χ0v) is 21.9. The standard InChI is InChI=1S/C25H25FN6O5S/c1-13-28-21(37-31-13)15-7-5-14(6-8-15)11-32-19-9-16(22-29-30-24(36-22)25(2,3)4)17(26)10-20(19)38(34,35)12-18(27)23(32)33/h5-10,18H,11-12,27H2,1-4H3/t18-/m0/s1. The molecule has 0 bridgehead atoms. The number of rotatable bonds is 4. The molecule has 0 spiro atoms. The lowest BCUT2D eigenvalue weighted by Gasteiger charge is -2.24. The van der Waals surface area contributed by atoms with Gasteiger partial charge in [0.25, 0.3) is 11.8 Å². The maximum atomic E-state index is 15.3. The summed E-state index contributed by atoms with van der Waals surface area (Å²) < 4.78 is 52.3. The lowest BCUT2D eigenvalue weighted by atomic mass is 9.97. The van der Waals surface area contributed by atoms with Crippen molar-refractivity contribution in [2.45, 2.75) is 50.6 Å². The third-order valence-electron chi connectivity index (χ3n) is 6.02. The molecule has 0 saturated heterocycles. The van der Waals surface area contributed by atoms with E-state index in [1.54, 1.807) is 31.2 Å². The Kier molecular flexibility index (Phi) is 6.15. The first-order valence-corrected chi connectivity index (χ1v) is 13.4. The van der Waals surface area contributed by atoms with Gasteiger partial charge in [0.05, 0.1) is 34.5 Å². The number of halogens is 1. The summed E-state index contributed by atoms with van der Waals surface area (Å²) in [7, 11) is -4.09. The van der Waals surface area contributed by atoms with E-state index in [-0.39, 0.29) is 34.5 Å². The highest BCUT2D eigenvalue weighted by Gasteiger charge is 2.37. The Balaban J connectivity index is 1.59. The van der Waals surface area contributed by atoms with Crippen LogP contribution in [0.15, 0.2) is 50.2 Å². The number of nitrogens with zero attached hydrogens (tertiary/aromatic N) is 5. The van der Waals surface area contributed by atoms with E-state index in [1.165, 1.54) is 11.0 Å². The number of aromatic nitrogens is 4. The first kappa shape index (κ1) is 25.7. The zero-order chi connectivity index (χ0) is 27.4. The van der Waals surface area contributed by atoms with Gasteiger partial charge in [-0.05, 0) is 36.8 Å². The van der Waals surface area contributed by atoms with Gasteiger partial charge in [0.1, 0.15) is 5.82 Å². The smallest absolute Gasteiger partial charge is 0.257 e. The maximum Gasteiger partial charge on any atom is 0.257 e. The Morgan fingerprint density at radius 1 is 1.13 bits per heavy atom. The Labute approximate surface area is 217 Å². The fourth-order valence-corrected chi connectivity index (χ4v) is 5.60. The van der Waals surface area contributed by atoms with Gasteiger partial charge in [-0.25, -0.2) is 12.8 Å². The molecule has 3 heterocycles. The molecular weight excluding hydrogens is 515 g/mol. The third kappa shape index (κ3) is 4.70. The van der Waals surface area contributed by atoms with Crippen LogP contribution < -0.4 is 10.6 Å². The summed E-state index contributed by atoms with van der Waals surface area (Å²) in [6.07, 6.45) is 0. The van der Waals surface area contributed by atoms with Gasteiger partial charge in [-0.15, -0.1) is 10.2 Å². The molecule has 2 N–H and O–H groups in total. The number of fused-ring (bicyclic) bond motifs is 1. The quantitative estimate of drug-likeness (QED) is 0.407. The van der Waals surface area contributed by atoms with Crippen LogP contribution in [0, 0.1) is 12.7 Å². The van der Waals surface area contributed by atoms with Crippen LogP contribution in [-0.2, 0) is 26.6 Å². The molecular formula is C25H25FN6O5S. The van der Waals surface area contributed by atoms with Crippen LogP contribution in [0.5, 0.6) is 0 Å². The lowest BCUT2D eigenvalue weighted by Crippen LogP contribution is -2.45. The molecule has 0 fully saturated rings. The number of anilines is 1. The number of benzene rings is 2. The number of carbonyl (C=O) groups is 1. The summed E-state index contributed by atoms with van der Waals surface area (Å²) in [5, 5.41) is 11.7. The Bertz CT molecular complexity index is 1640. The maximum absolute atomic E-state index is 15.3. The number of hydrogen-bond acceptors (Lipinski definition) is 10. The molecule has 198 valence electrons. The molecule has 1 amide bonds. The van der Waals surface area contributed by atoms with E-state index in [9.17, 15) is 13.2 Å². The zero-order valence-electron chi connectivity index (χ0n) is 21.1. The van der Waals surface area contributed by atoms with E-state index in [0.29, 0.717) is 22.8 Å². The van der Waals surface area contributed by atoms with Crippen molar-refractivity contribution in [2.24, 2.45) is 5.73 Å². The molecule has 1 atom stereocenters. The second kappa shape index (κ2) is 9.10. The fourth-order valence-electron chi connectivity index (χ4n) is 4.03. The summed E-state index contributed by atoms with van der Waals surface area (Å²) in [6, 6.07) is 7.74. The number of sulfone groups is 1. The van der Waals surface area contributed by atoms with Crippen molar-refractivity contribution >= 4 is 21.4 Å². The van der Waals surface area contributed by atoms with E-state index in [0.717, 1.165) is 6.07 Å². The average molecular weight is 541 g/mol. The van der Waals surface area contributed by atoms with Crippen LogP contribution >= 0.6 is 0 Å². The van der Waals surface area contributed by atoms with Crippen LogP contribution in [0.25, 0.3) is 22.9 Å². The summed E-state index contributed by atoms with van der Waals surface area (Å²) in [5.74, 6) is -1.18. The Hall–Kier alpha value is -3.97. The van der Waals surface area contributed by atoms with Crippen molar-refractivity contribution < 1.29 is 26.5 Å². The van der Waals surface area contributed by atoms with E-state index in [4.69, 9.17) is 14.7 Å². The van der Waals surface area contributed by atoms with Gasteiger partial charge >= 0.3 is 0 Å². The van der Waals surface area contributed by atoms with Gasteiger partial charge in [0.2, 0.25) is 11.8 Å². The highest BCUT2D eigenvalue weighted by atomic mass is 32.2. The number of carbonyl (C=O) groups excluding carboxylic acids is 1. The minimum Gasteiger partial charge on any atom is -0.420 e. The van der Waals surface area contributed by atoms with Crippen molar-refractivity contribution in [1.29, 1.82) is 0 Å². The molecule has 0 aliphatic carbocycles.